The summed E-state index contributed by atoms with van der Waals surface area (Å²) >= 11 is 9.53. The van der Waals surface area contributed by atoms with Crippen LogP contribution in [0.5, 0.6) is 0 Å². The third-order valence-corrected chi connectivity index (χ3v) is 2.47. The van der Waals surface area contributed by atoms with Crippen molar-refractivity contribution in [1.29, 1.82) is 0 Å². The highest BCUT2D eigenvalue weighted by molar-refractivity contribution is 7.96. The Kier molecular flexibility index (Phi) is 4.29. The van der Waals surface area contributed by atoms with E-state index in [-0.39, 0.29) is 5.24 Å². The van der Waals surface area contributed by atoms with Crippen LogP contribution in [0.25, 0.3) is 0 Å². The van der Waals surface area contributed by atoms with E-state index in [2.05, 4.69) is 12.6 Å². The van der Waals surface area contributed by atoms with Gasteiger partial charge < -0.3 is 4.90 Å². The number of hydrogen-bond acceptors (Lipinski definition) is 1. The number of carbonyl (C=O) groups is 1. The van der Waals surface area contributed by atoms with Crippen molar-refractivity contribution in [2.75, 3.05) is 6.54 Å². The first-order valence-corrected chi connectivity index (χ1v) is 5.18. The summed E-state index contributed by atoms with van der Waals surface area (Å²) in [6, 6.07) is 7.44. The van der Waals surface area contributed by atoms with Crippen LogP contribution in [0.3, 0.4) is 0 Å². The average molecular weight is 230 g/mol. The fourth-order valence-electron chi connectivity index (χ4n) is 1.12. The van der Waals surface area contributed by atoms with E-state index < -0.39 is 0 Å². The summed E-state index contributed by atoms with van der Waals surface area (Å²) in [5.74, 6) is 0. The van der Waals surface area contributed by atoms with Crippen molar-refractivity contribution in [3.8, 4) is 0 Å². The van der Waals surface area contributed by atoms with Gasteiger partial charge in [0.15, 0.2) is 0 Å². The first-order valence-electron chi connectivity index (χ1n) is 4.35. The monoisotopic (exact) mass is 229 g/mol. The van der Waals surface area contributed by atoms with E-state index in [9.17, 15) is 4.79 Å². The summed E-state index contributed by atoms with van der Waals surface area (Å²) < 4.78 is 0. The van der Waals surface area contributed by atoms with Crippen LogP contribution < -0.4 is 0 Å². The summed E-state index contributed by atoms with van der Waals surface area (Å²) in [4.78, 5) is 12.7. The molecule has 0 fully saturated rings. The Labute approximate surface area is 94.3 Å². The minimum absolute atomic E-state index is 0.206. The number of benzene rings is 1. The molecule has 0 aliphatic heterocycles. The summed E-state index contributed by atoms with van der Waals surface area (Å²) in [7, 11) is 0. The first-order chi connectivity index (χ1) is 6.63. The van der Waals surface area contributed by atoms with Crippen molar-refractivity contribution >= 4 is 29.5 Å². The van der Waals surface area contributed by atoms with Crippen LogP contribution >= 0.6 is 24.2 Å². The van der Waals surface area contributed by atoms with E-state index in [1.807, 2.05) is 31.2 Å². The minimum atomic E-state index is -0.206. The fourth-order valence-corrected chi connectivity index (χ4v) is 1.46. The second-order valence-corrected chi connectivity index (χ2v) is 3.74. The predicted molar refractivity (Wildman–Crippen MR) is 61.9 cm³/mol. The molecule has 0 heterocycles. The van der Waals surface area contributed by atoms with Crippen LogP contribution in [0.15, 0.2) is 24.3 Å². The van der Waals surface area contributed by atoms with Gasteiger partial charge in [-0.05, 0) is 24.6 Å². The Morgan fingerprint density at radius 2 is 2.00 bits per heavy atom. The molecule has 0 N–H and O–H groups in total. The van der Waals surface area contributed by atoms with Crippen molar-refractivity contribution in [2.24, 2.45) is 0 Å². The van der Waals surface area contributed by atoms with Crippen molar-refractivity contribution in [1.82, 2.24) is 4.90 Å². The van der Waals surface area contributed by atoms with E-state index in [4.69, 9.17) is 11.6 Å². The van der Waals surface area contributed by atoms with Gasteiger partial charge in [0.25, 0.3) is 5.24 Å². The Morgan fingerprint density at radius 3 is 2.43 bits per heavy atom. The lowest BCUT2D eigenvalue weighted by molar-refractivity contribution is 0.224. The predicted octanol–water partition coefficient (Wildman–Crippen LogP) is 3.21. The fraction of sp³-hybridized carbons (Fsp3) is 0.300. The molecule has 1 aromatic carbocycles. The largest absolute Gasteiger partial charge is 0.330 e. The van der Waals surface area contributed by atoms with Gasteiger partial charge in [0.1, 0.15) is 0 Å². The number of thiol groups is 1. The molecule has 0 bridgehead atoms. The number of rotatable bonds is 3. The molecular formula is C10H12ClNOS. The Hall–Kier alpha value is -0.670. The van der Waals surface area contributed by atoms with Gasteiger partial charge in [0.05, 0.1) is 0 Å². The smallest absolute Gasteiger partial charge is 0.278 e. The zero-order valence-electron chi connectivity index (χ0n) is 7.90. The van der Waals surface area contributed by atoms with Crippen LogP contribution in [0.4, 0.5) is 4.79 Å². The van der Waals surface area contributed by atoms with E-state index >= 15 is 0 Å². The molecule has 0 aliphatic carbocycles. The Morgan fingerprint density at radius 1 is 1.43 bits per heavy atom. The molecule has 0 aliphatic rings. The molecule has 1 amide bonds. The van der Waals surface area contributed by atoms with E-state index in [1.165, 1.54) is 0 Å². The molecule has 0 spiro atoms. The second-order valence-electron chi connectivity index (χ2n) is 2.92. The second kappa shape index (κ2) is 5.27. The molecule has 1 aromatic rings. The summed E-state index contributed by atoms with van der Waals surface area (Å²) in [6.45, 7) is 3.16. The number of carbonyl (C=O) groups excluding carboxylic acids is 1. The topological polar surface area (TPSA) is 20.3 Å². The van der Waals surface area contributed by atoms with Crippen molar-refractivity contribution in [3.05, 3.63) is 34.9 Å². The van der Waals surface area contributed by atoms with Gasteiger partial charge in [-0.25, -0.2) is 0 Å². The SMILES string of the molecule is CCN(Cc1ccc(Cl)cc1)C(=O)S. The quantitative estimate of drug-likeness (QED) is 0.790. The number of halogens is 1. The van der Waals surface area contributed by atoms with E-state index in [0.717, 1.165) is 5.56 Å². The third-order valence-electron chi connectivity index (χ3n) is 1.94. The molecule has 14 heavy (non-hydrogen) atoms. The van der Waals surface area contributed by atoms with Crippen LogP contribution in [-0.2, 0) is 6.54 Å². The lowest BCUT2D eigenvalue weighted by Crippen LogP contribution is -2.25. The molecule has 0 saturated heterocycles. The van der Waals surface area contributed by atoms with Gasteiger partial charge >= 0.3 is 0 Å². The first kappa shape index (κ1) is 11.4. The van der Waals surface area contributed by atoms with Gasteiger partial charge in [-0.2, -0.15) is 0 Å². The normalized spacial score (nSPS) is 9.93. The highest BCUT2D eigenvalue weighted by Gasteiger charge is 2.06. The Balaban J connectivity index is 2.67. The van der Waals surface area contributed by atoms with Gasteiger partial charge in [-0.1, -0.05) is 36.4 Å². The zero-order chi connectivity index (χ0) is 10.6. The van der Waals surface area contributed by atoms with Crippen LogP contribution in [0.1, 0.15) is 12.5 Å². The maximum Gasteiger partial charge on any atom is 0.278 e. The van der Waals surface area contributed by atoms with Crippen molar-refractivity contribution < 1.29 is 4.79 Å². The lowest BCUT2D eigenvalue weighted by Gasteiger charge is -2.17. The van der Waals surface area contributed by atoms with Crippen LogP contribution in [0, 0.1) is 0 Å². The molecule has 0 atom stereocenters. The summed E-state index contributed by atoms with van der Waals surface area (Å²) in [6.07, 6.45) is 0. The van der Waals surface area contributed by atoms with Crippen molar-refractivity contribution in [2.45, 2.75) is 13.5 Å². The van der Waals surface area contributed by atoms with E-state index in [1.54, 1.807) is 4.90 Å². The number of amides is 1. The number of hydrogen-bond donors (Lipinski definition) is 1. The Bertz CT molecular complexity index is 312. The molecular weight excluding hydrogens is 218 g/mol. The van der Waals surface area contributed by atoms with Gasteiger partial charge in [-0.3, -0.25) is 4.79 Å². The highest BCUT2D eigenvalue weighted by atomic mass is 35.5. The molecule has 1 rings (SSSR count). The lowest BCUT2D eigenvalue weighted by atomic mass is 10.2. The minimum Gasteiger partial charge on any atom is -0.330 e. The standard InChI is InChI=1S/C10H12ClNOS/c1-2-12(10(13)14)7-8-3-5-9(11)6-4-8/h3-6H,2,7H2,1H3,(H,13,14). The van der Waals surface area contributed by atoms with Gasteiger partial charge in [-0.15, -0.1) is 0 Å². The molecule has 0 saturated carbocycles. The molecule has 0 unspecified atom stereocenters. The number of nitrogens with zero attached hydrogens (tertiary/aromatic N) is 1. The van der Waals surface area contributed by atoms with Crippen LogP contribution in [0.2, 0.25) is 5.02 Å². The summed E-state index contributed by atoms with van der Waals surface area (Å²) in [5, 5.41) is 0.497. The van der Waals surface area contributed by atoms with Crippen LogP contribution in [-0.4, -0.2) is 16.7 Å². The zero-order valence-corrected chi connectivity index (χ0v) is 9.55. The van der Waals surface area contributed by atoms with Gasteiger partial charge in [0, 0.05) is 18.1 Å². The highest BCUT2D eigenvalue weighted by Crippen LogP contribution is 2.12. The molecule has 2 nitrogen and oxygen atoms in total. The average Bonchev–Trinajstić information content (AvgIpc) is 2.16. The third kappa shape index (κ3) is 3.24. The molecule has 0 aromatic heterocycles. The molecule has 76 valence electrons. The van der Waals surface area contributed by atoms with Gasteiger partial charge in [0.2, 0.25) is 0 Å². The van der Waals surface area contributed by atoms with Crippen molar-refractivity contribution in [3.63, 3.8) is 0 Å². The summed E-state index contributed by atoms with van der Waals surface area (Å²) in [5.41, 5.74) is 1.05. The van der Waals surface area contributed by atoms with E-state index in [0.29, 0.717) is 18.1 Å². The maximum absolute atomic E-state index is 11.0. The molecule has 4 heteroatoms. The molecule has 0 radical (unpaired) electrons. The maximum atomic E-state index is 11.0.